The molecule has 0 radical (unpaired) electrons. The summed E-state index contributed by atoms with van der Waals surface area (Å²) < 4.78 is 4.75. The Morgan fingerprint density at radius 1 is 1.19 bits per heavy atom. The standard InChI is InChI=1S/C18H23N3O4S2/c1-2-25-18(24)21-14(22)12-8-9-26-16(12)20-15(23)17-19-13(10-27-17)11-6-4-3-5-7-11/h3-7,12-13,16-17,19H,2,8-10H2,1H3,(H,20,23)(H,21,22,24). The first-order chi connectivity index (χ1) is 13.1. The van der Waals surface area contributed by atoms with Gasteiger partial charge in [-0.3, -0.25) is 20.2 Å². The highest BCUT2D eigenvalue weighted by atomic mass is 32.2. The summed E-state index contributed by atoms with van der Waals surface area (Å²) in [6.07, 6.45) is -0.137. The Morgan fingerprint density at radius 3 is 2.70 bits per heavy atom. The van der Waals surface area contributed by atoms with Crippen molar-refractivity contribution < 1.29 is 19.1 Å². The molecule has 4 atom stereocenters. The molecule has 146 valence electrons. The summed E-state index contributed by atoms with van der Waals surface area (Å²) in [7, 11) is 0. The number of amides is 3. The van der Waals surface area contributed by atoms with Crippen molar-refractivity contribution in [3.63, 3.8) is 0 Å². The van der Waals surface area contributed by atoms with E-state index in [2.05, 4.69) is 16.0 Å². The second-order valence-corrected chi connectivity index (χ2v) is 8.64. The van der Waals surface area contributed by atoms with E-state index in [0.717, 1.165) is 17.1 Å². The third-order valence-corrected chi connectivity index (χ3v) is 6.92. The molecule has 0 spiro atoms. The lowest BCUT2D eigenvalue weighted by molar-refractivity contribution is -0.125. The van der Waals surface area contributed by atoms with Crippen molar-refractivity contribution in [2.45, 2.75) is 30.1 Å². The Bertz CT molecular complexity index is 688. The Balaban J connectivity index is 1.52. The van der Waals surface area contributed by atoms with Crippen LogP contribution >= 0.6 is 23.5 Å². The molecule has 3 N–H and O–H groups in total. The number of imide groups is 1. The van der Waals surface area contributed by atoms with Crippen molar-refractivity contribution in [3.8, 4) is 0 Å². The van der Waals surface area contributed by atoms with Gasteiger partial charge in [-0.2, -0.15) is 0 Å². The van der Waals surface area contributed by atoms with Crippen LogP contribution < -0.4 is 16.0 Å². The number of ether oxygens (including phenoxy) is 1. The van der Waals surface area contributed by atoms with Crippen molar-refractivity contribution >= 4 is 41.4 Å². The summed E-state index contributed by atoms with van der Waals surface area (Å²) in [5.74, 6) is 0.584. The van der Waals surface area contributed by atoms with E-state index >= 15 is 0 Å². The van der Waals surface area contributed by atoms with Gasteiger partial charge in [0.05, 0.1) is 17.9 Å². The Morgan fingerprint density at radius 2 is 1.96 bits per heavy atom. The maximum absolute atomic E-state index is 12.6. The van der Waals surface area contributed by atoms with Crippen molar-refractivity contribution in [1.29, 1.82) is 0 Å². The van der Waals surface area contributed by atoms with Crippen molar-refractivity contribution in [2.75, 3.05) is 18.1 Å². The fourth-order valence-corrected chi connectivity index (χ4v) is 5.57. The fourth-order valence-electron chi connectivity index (χ4n) is 3.08. The van der Waals surface area contributed by atoms with Gasteiger partial charge in [0.2, 0.25) is 11.8 Å². The van der Waals surface area contributed by atoms with Crippen LogP contribution in [-0.2, 0) is 14.3 Å². The molecular weight excluding hydrogens is 386 g/mol. The highest BCUT2D eigenvalue weighted by Gasteiger charge is 2.38. The van der Waals surface area contributed by atoms with Crippen LogP contribution in [0.3, 0.4) is 0 Å². The van der Waals surface area contributed by atoms with E-state index in [1.54, 1.807) is 18.7 Å². The van der Waals surface area contributed by atoms with Gasteiger partial charge in [-0.15, -0.1) is 23.5 Å². The maximum Gasteiger partial charge on any atom is 0.413 e. The van der Waals surface area contributed by atoms with Gasteiger partial charge in [0.1, 0.15) is 5.37 Å². The molecule has 2 aliphatic heterocycles. The number of benzene rings is 1. The third kappa shape index (κ3) is 5.18. The van der Waals surface area contributed by atoms with Gasteiger partial charge in [-0.05, 0) is 24.7 Å². The third-order valence-electron chi connectivity index (χ3n) is 4.44. The Kier molecular flexibility index (Phi) is 7.03. The summed E-state index contributed by atoms with van der Waals surface area (Å²) in [6, 6.07) is 10.1. The van der Waals surface area contributed by atoms with Crippen LogP contribution in [0.15, 0.2) is 30.3 Å². The topological polar surface area (TPSA) is 96.5 Å². The number of carbonyl (C=O) groups excluding carboxylic acids is 3. The summed E-state index contributed by atoms with van der Waals surface area (Å²) in [5.41, 5.74) is 1.15. The normalized spacial score (nSPS) is 27.1. The molecule has 0 aromatic heterocycles. The van der Waals surface area contributed by atoms with Gasteiger partial charge in [0.15, 0.2) is 0 Å². The molecule has 3 rings (SSSR count). The molecule has 1 aromatic rings. The van der Waals surface area contributed by atoms with Crippen molar-refractivity contribution in [1.82, 2.24) is 16.0 Å². The number of rotatable bonds is 5. The van der Waals surface area contributed by atoms with Gasteiger partial charge in [0.25, 0.3) is 0 Å². The maximum atomic E-state index is 12.6. The predicted molar refractivity (Wildman–Crippen MR) is 106 cm³/mol. The molecule has 2 saturated heterocycles. The predicted octanol–water partition coefficient (Wildman–Crippen LogP) is 1.86. The highest BCUT2D eigenvalue weighted by Crippen LogP contribution is 2.33. The van der Waals surface area contributed by atoms with E-state index in [1.165, 1.54) is 11.8 Å². The molecule has 27 heavy (non-hydrogen) atoms. The average molecular weight is 410 g/mol. The minimum Gasteiger partial charge on any atom is -0.450 e. The SMILES string of the molecule is CCOC(=O)NC(=O)C1CCSC1NC(=O)C1NC(c2ccccc2)CS1. The van der Waals surface area contributed by atoms with Gasteiger partial charge >= 0.3 is 6.09 Å². The van der Waals surface area contributed by atoms with Gasteiger partial charge < -0.3 is 10.1 Å². The Hall–Kier alpha value is -1.71. The number of hydrogen-bond donors (Lipinski definition) is 3. The molecule has 1 aromatic carbocycles. The minimum atomic E-state index is -0.747. The van der Waals surface area contributed by atoms with E-state index < -0.39 is 17.9 Å². The first-order valence-corrected chi connectivity index (χ1v) is 11.0. The lowest BCUT2D eigenvalue weighted by Gasteiger charge is -2.21. The second-order valence-electron chi connectivity index (χ2n) is 6.25. The summed E-state index contributed by atoms with van der Waals surface area (Å²) in [6.45, 7) is 1.87. The highest BCUT2D eigenvalue weighted by molar-refractivity contribution is 8.01. The van der Waals surface area contributed by atoms with Crippen LogP contribution in [0, 0.1) is 5.92 Å². The van der Waals surface area contributed by atoms with E-state index in [1.807, 2.05) is 30.3 Å². The first-order valence-electron chi connectivity index (χ1n) is 8.90. The quantitative estimate of drug-likeness (QED) is 0.683. The number of nitrogens with one attached hydrogen (secondary N) is 3. The van der Waals surface area contributed by atoms with Crippen LogP contribution in [0.5, 0.6) is 0 Å². The minimum absolute atomic E-state index is 0.131. The summed E-state index contributed by atoms with van der Waals surface area (Å²) >= 11 is 3.08. The summed E-state index contributed by atoms with van der Waals surface area (Å²) in [5, 5.41) is 7.84. The molecule has 3 amide bonds. The molecule has 7 nitrogen and oxygen atoms in total. The van der Waals surface area contributed by atoms with Crippen LogP contribution in [0.1, 0.15) is 24.9 Å². The molecule has 4 unspecified atom stereocenters. The van der Waals surface area contributed by atoms with Crippen LogP contribution in [-0.4, -0.2) is 46.8 Å². The van der Waals surface area contributed by atoms with Crippen LogP contribution in [0.4, 0.5) is 4.79 Å². The van der Waals surface area contributed by atoms with Gasteiger partial charge in [0, 0.05) is 11.8 Å². The van der Waals surface area contributed by atoms with Crippen molar-refractivity contribution in [2.24, 2.45) is 5.92 Å². The molecular formula is C18H23N3O4S2. The number of hydrogen-bond acceptors (Lipinski definition) is 7. The first kappa shape index (κ1) is 20.0. The fraction of sp³-hybridized carbons (Fsp3) is 0.500. The summed E-state index contributed by atoms with van der Waals surface area (Å²) in [4.78, 5) is 36.4. The number of thioether (sulfide) groups is 2. The average Bonchev–Trinajstić information content (AvgIpc) is 3.32. The monoisotopic (exact) mass is 409 g/mol. The number of alkyl carbamates (subject to hydrolysis) is 1. The zero-order valence-electron chi connectivity index (χ0n) is 15.0. The van der Waals surface area contributed by atoms with Gasteiger partial charge in [-0.1, -0.05) is 30.3 Å². The molecule has 0 bridgehead atoms. The molecule has 0 saturated carbocycles. The zero-order chi connectivity index (χ0) is 19.2. The lowest BCUT2D eigenvalue weighted by atomic mass is 10.1. The van der Waals surface area contributed by atoms with Gasteiger partial charge in [-0.25, -0.2) is 4.79 Å². The van der Waals surface area contributed by atoms with E-state index in [0.29, 0.717) is 6.42 Å². The zero-order valence-corrected chi connectivity index (χ0v) is 16.6. The molecule has 2 aliphatic rings. The largest absolute Gasteiger partial charge is 0.450 e. The van der Waals surface area contributed by atoms with E-state index in [-0.39, 0.29) is 29.3 Å². The lowest BCUT2D eigenvalue weighted by Crippen LogP contribution is -2.48. The molecule has 0 aliphatic carbocycles. The number of carbonyl (C=O) groups is 3. The smallest absolute Gasteiger partial charge is 0.413 e. The molecule has 2 heterocycles. The molecule has 9 heteroatoms. The van der Waals surface area contributed by atoms with Crippen molar-refractivity contribution in [3.05, 3.63) is 35.9 Å². The van der Waals surface area contributed by atoms with Crippen LogP contribution in [0.2, 0.25) is 0 Å². The Labute approximate surface area is 166 Å². The molecule has 2 fully saturated rings. The van der Waals surface area contributed by atoms with E-state index in [4.69, 9.17) is 4.74 Å². The van der Waals surface area contributed by atoms with E-state index in [9.17, 15) is 14.4 Å². The second kappa shape index (κ2) is 9.48. The van der Waals surface area contributed by atoms with Crippen LogP contribution in [0.25, 0.3) is 0 Å².